The number of nitrogens with zero attached hydrogens (tertiary/aromatic N) is 1. The van der Waals surface area contributed by atoms with Crippen LogP contribution in [-0.4, -0.2) is 24.4 Å². The molecule has 3 heteroatoms. The Balaban J connectivity index is 3.36. The van der Waals surface area contributed by atoms with Crippen LogP contribution >= 0.6 is 0 Å². The van der Waals surface area contributed by atoms with Crippen LogP contribution in [0.1, 0.15) is 78.1 Å². The monoisotopic (exact) mass is 283 g/mol. The van der Waals surface area contributed by atoms with Gasteiger partial charge in [0.05, 0.1) is 18.8 Å². The van der Waals surface area contributed by atoms with Crippen molar-refractivity contribution in [2.45, 2.75) is 84.2 Å². The third-order valence-electron chi connectivity index (χ3n) is 3.81. The molecule has 0 aromatic carbocycles. The van der Waals surface area contributed by atoms with E-state index in [4.69, 9.17) is 10.00 Å². The highest BCUT2D eigenvalue weighted by atomic mass is 16.5. The Hall–Kier alpha value is -0.590. The molecule has 0 aliphatic heterocycles. The summed E-state index contributed by atoms with van der Waals surface area (Å²) in [5, 5.41) is 17.9. The fraction of sp³-hybridized carbons (Fsp3) is 0.941. The number of hydrogen-bond donors (Lipinski definition) is 1. The maximum Gasteiger partial charge on any atom is 0.0840 e. The standard InChI is InChI=1S/C17H33NO2/c1-3-4-5-6-7-8-9-10-11-14-20-17(15-19)16(2)12-13-18/h16-17,19H,3-12,14-15H2,1-2H3. The molecule has 1 N–H and O–H groups in total. The second-order valence-electron chi connectivity index (χ2n) is 5.76. The van der Waals surface area contributed by atoms with E-state index >= 15 is 0 Å². The smallest absolute Gasteiger partial charge is 0.0840 e. The zero-order chi connectivity index (χ0) is 15.1. The predicted octanol–water partition coefficient (Wildman–Crippen LogP) is 4.44. The number of hydrogen-bond acceptors (Lipinski definition) is 3. The largest absolute Gasteiger partial charge is 0.394 e. The molecule has 0 amide bonds. The average molecular weight is 283 g/mol. The molecule has 2 unspecified atom stereocenters. The van der Waals surface area contributed by atoms with E-state index in [0.717, 1.165) is 6.42 Å². The minimum Gasteiger partial charge on any atom is -0.394 e. The minimum absolute atomic E-state index is 0.0142. The van der Waals surface area contributed by atoms with Crippen LogP contribution in [0.5, 0.6) is 0 Å². The lowest BCUT2D eigenvalue weighted by Crippen LogP contribution is -2.26. The van der Waals surface area contributed by atoms with E-state index in [0.29, 0.717) is 13.0 Å². The molecular formula is C17H33NO2. The third-order valence-corrected chi connectivity index (χ3v) is 3.81. The first-order chi connectivity index (χ1) is 9.76. The molecule has 0 spiro atoms. The van der Waals surface area contributed by atoms with Crippen LogP contribution < -0.4 is 0 Å². The zero-order valence-electron chi connectivity index (χ0n) is 13.4. The van der Waals surface area contributed by atoms with Gasteiger partial charge >= 0.3 is 0 Å². The van der Waals surface area contributed by atoms with E-state index in [1.807, 2.05) is 6.92 Å². The van der Waals surface area contributed by atoms with Gasteiger partial charge in [0.2, 0.25) is 0 Å². The number of aliphatic hydroxyl groups is 1. The van der Waals surface area contributed by atoms with E-state index in [9.17, 15) is 5.11 Å². The van der Waals surface area contributed by atoms with Gasteiger partial charge in [-0.2, -0.15) is 5.26 Å². The first-order valence-electron chi connectivity index (χ1n) is 8.35. The minimum atomic E-state index is -0.177. The molecule has 0 saturated heterocycles. The number of unbranched alkanes of at least 4 members (excludes halogenated alkanes) is 8. The molecule has 0 bridgehead atoms. The predicted molar refractivity (Wildman–Crippen MR) is 83.4 cm³/mol. The molecule has 0 aliphatic carbocycles. The van der Waals surface area contributed by atoms with Crippen molar-refractivity contribution in [2.24, 2.45) is 5.92 Å². The Morgan fingerprint density at radius 1 is 1.00 bits per heavy atom. The lowest BCUT2D eigenvalue weighted by atomic mass is 10.0. The Bertz CT molecular complexity index is 238. The lowest BCUT2D eigenvalue weighted by molar-refractivity contribution is -0.0190. The molecule has 0 aromatic heterocycles. The summed E-state index contributed by atoms with van der Waals surface area (Å²) in [6, 6.07) is 2.13. The van der Waals surface area contributed by atoms with Crippen molar-refractivity contribution >= 4 is 0 Å². The molecule has 3 nitrogen and oxygen atoms in total. The van der Waals surface area contributed by atoms with E-state index in [-0.39, 0.29) is 18.6 Å². The SMILES string of the molecule is CCCCCCCCCCCOC(CO)C(C)CC#N. The Labute approximate surface area is 125 Å². The van der Waals surface area contributed by atoms with Gasteiger partial charge < -0.3 is 9.84 Å². The molecule has 118 valence electrons. The van der Waals surface area contributed by atoms with Crippen molar-refractivity contribution in [1.82, 2.24) is 0 Å². The third kappa shape index (κ3) is 11.3. The summed E-state index contributed by atoms with van der Waals surface area (Å²) < 4.78 is 5.66. The maximum absolute atomic E-state index is 9.23. The molecule has 0 aromatic rings. The zero-order valence-corrected chi connectivity index (χ0v) is 13.4. The van der Waals surface area contributed by atoms with Gasteiger partial charge in [-0.05, 0) is 12.3 Å². The summed E-state index contributed by atoms with van der Waals surface area (Å²) in [4.78, 5) is 0. The van der Waals surface area contributed by atoms with Crippen LogP contribution in [0.4, 0.5) is 0 Å². The molecule has 0 aliphatic rings. The molecular weight excluding hydrogens is 250 g/mol. The number of rotatable bonds is 14. The Morgan fingerprint density at radius 2 is 1.55 bits per heavy atom. The molecule has 0 heterocycles. The summed E-state index contributed by atoms with van der Waals surface area (Å²) in [5.74, 6) is 0.114. The van der Waals surface area contributed by atoms with Crippen molar-refractivity contribution in [3.8, 4) is 6.07 Å². The Kier molecular flexibility index (Phi) is 14.4. The topological polar surface area (TPSA) is 53.2 Å². The van der Waals surface area contributed by atoms with E-state index in [2.05, 4.69) is 13.0 Å². The molecule has 0 saturated carbocycles. The number of nitriles is 1. The molecule has 0 radical (unpaired) electrons. The van der Waals surface area contributed by atoms with Crippen molar-refractivity contribution in [3.05, 3.63) is 0 Å². The van der Waals surface area contributed by atoms with Gasteiger partial charge in [-0.15, -0.1) is 0 Å². The second-order valence-corrected chi connectivity index (χ2v) is 5.76. The van der Waals surface area contributed by atoms with Gasteiger partial charge in [-0.25, -0.2) is 0 Å². The summed E-state index contributed by atoms with van der Waals surface area (Å²) in [7, 11) is 0. The van der Waals surface area contributed by atoms with Gasteiger partial charge in [0.1, 0.15) is 0 Å². The van der Waals surface area contributed by atoms with E-state index < -0.39 is 0 Å². The average Bonchev–Trinajstić information content (AvgIpc) is 2.45. The van der Waals surface area contributed by atoms with Gasteiger partial charge in [-0.3, -0.25) is 0 Å². The van der Waals surface area contributed by atoms with Crippen LogP contribution in [0.15, 0.2) is 0 Å². The van der Waals surface area contributed by atoms with Gasteiger partial charge in [-0.1, -0.05) is 65.2 Å². The van der Waals surface area contributed by atoms with Gasteiger partial charge in [0, 0.05) is 13.0 Å². The van der Waals surface area contributed by atoms with Crippen LogP contribution in [-0.2, 0) is 4.74 Å². The quantitative estimate of drug-likeness (QED) is 0.479. The van der Waals surface area contributed by atoms with Crippen molar-refractivity contribution in [3.63, 3.8) is 0 Å². The fourth-order valence-corrected chi connectivity index (χ4v) is 2.32. The maximum atomic E-state index is 9.23. The number of ether oxygens (including phenoxy) is 1. The van der Waals surface area contributed by atoms with Gasteiger partial charge in [0.15, 0.2) is 0 Å². The molecule has 2 atom stereocenters. The molecule has 20 heavy (non-hydrogen) atoms. The van der Waals surface area contributed by atoms with Crippen LogP contribution in [0, 0.1) is 17.2 Å². The van der Waals surface area contributed by atoms with Crippen molar-refractivity contribution < 1.29 is 9.84 Å². The first kappa shape index (κ1) is 19.4. The fourth-order valence-electron chi connectivity index (χ4n) is 2.32. The summed E-state index contributed by atoms with van der Waals surface area (Å²) in [6.07, 6.45) is 12.0. The van der Waals surface area contributed by atoms with Crippen LogP contribution in [0.2, 0.25) is 0 Å². The highest BCUT2D eigenvalue weighted by Gasteiger charge is 2.16. The summed E-state index contributed by atoms with van der Waals surface area (Å²) in [6.45, 7) is 4.93. The van der Waals surface area contributed by atoms with Crippen molar-refractivity contribution in [1.29, 1.82) is 5.26 Å². The van der Waals surface area contributed by atoms with Crippen LogP contribution in [0.25, 0.3) is 0 Å². The normalized spacial score (nSPS) is 13.9. The van der Waals surface area contributed by atoms with E-state index in [1.54, 1.807) is 0 Å². The highest BCUT2D eigenvalue weighted by Crippen LogP contribution is 2.13. The lowest BCUT2D eigenvalue weighted by Gasteiger charge is -2.20. The highest BCUT2D eigenvalue weighted by molar-refractivity contribution is 4.78. The molecule has 0 fully saturated rings. The second kappa shape index (κ2) is 14.8. The van der Waals surface area contributed by atoms with Crippen LogP contribution in [0.3, 0.4) is 0 Å². The summed E-state index contributed by atoms with van der Waals surface area (Å²) >= 11 is 0. The summed E-state index contributed by atoms with van der Waals surface area (Å²) in [5.41, 5.74) is 0. The van der Waals surface area contributed by atoms with Gasteiger partial charge in [0.25, 0.3) is 0 Å². The number of aliphatic hydroxyl groups excluding tert-OH is 1. The molecule has 0 rings (SSSR count). The van der Waals surface area contributed by atoms with E-state index in [1.165, 1.54) is 51.4 Å². The Morgan fingerprint density at radius 3 is 2.05 bits per heavy atom. The first-order valence-corrected chi connectivity index (χ1v) is 8.35. The van der Waals surface area contributed by atoms with Crippen molar-refractivity contribution in [2.75, 3.05) is 13.2 Å².